The lowest BCUT2D eigenvalue weighted by atomic mass is 10.1. The van der Waals surface area contributed by atoms with Gasteiger partial charge >= 0.3 is 0 Å². The van der Waals surface area contributed by atoms with Gasteiger partial charge in [0.2, 0.25) is 5.91 Å². The molecule has 0 bridgehead atoms. The maximum Gasteiger partial charge on any atom is 0.233 e. The lowest BCUT2D eigenvalue weighted by Crippen LogP contribution is -2.25. The molecule has 0 fully saturated rings. The van der Waals surface area contributed by atoms with Gasteiger partial charge < -0.3 is 0 Å². The average molecular weight is 385 g/mol. The molecular formula is C21H21ClN2OS. The first kappa shape index (κ1) is 18.6. The highest BCUT2D eigenvalue weighted by molar-refractivity contribution is 7.16. The molecule has 0 atom stereocenters. The molecule has 1 amide bonds. The first-order valence-corrected chi connectivity index (χ1v) is 9.91. The Morgan fingerprint density at radius 1 is 1.12 bits per heavy atom. The Kier molecular flexibility index (Phi) is 6.07. The van der Waals surface area contributed by atoms with Crippen LogP contribution < -0.4 is 4.90 Å². The quantitative estimate of drug-likeness (QED) is 0.478. The number of anilines is 2. The summed E-state index contributed by atoms with van der Waals surface area (Å²) in [6, 6.07) is 17.5. The van der Waals surface area contributed by atoms with Crippen molar-refractivity contribution in [3.05, 3.63) is 64.5 Å². The summed E-state index contributed by atoms with van der Waals surface area (Å²) in [6.45, 7) is 4.11. The third-order valence-corrected chi connectivity index (χ3v) is 5.39. The number of aromatic nitrogens is 1. The number of carbonyl (C=O) groups excluding carboxylic acids is 1. The van der Waals surface area contributed by atoms with Crippen LogP contribution in [-0.2, 0) is 4.79 Å². The van der Waals surface area contributed by atoms with Gasteiger partial charge in [0, 0.05) is 16.9 Å². The maximum absolute atomic E-state index is 12.9. The number of amides is 1. The molecule has 0 saturated carbocycles. The summed E-state index contributed by atoms with van der Waals surface area (Å²) in [5, 5.41) is 1.21. The number of nitrogens with zero attached hydrogens (tertiary/aromatic N) is 2. The summed E-state index contributed by atoms with van der Waals surface area (Å²) < 4.78 is 0. The molecule has 0 aliphatic heterocycles. The van der Waals surface area contributed by atoms with Crippen LogP contribution in [0.2, 0.25) is 5.02 Å². The van der Waals surface area contributed by atoms with Crippen LogP contribution in [0.5, 0.6) is 0 Å². The molecule has 0 spiro atoms. The van der Waals surface area contributed by atoms with Gasteiger partial charge in [-0.15, -0.1) is 11.3 Å². The molecule has 0 aliphatic rings. The molecule has 3 rings (SSSR count). The van der Waals surface area contributed by atoms with E-state index in [1.807, 2.05) is 55.5 Å². The average Bonchev–Trinajstić information content (AvgIpc) is 3.03. The standard InChI is InChI=1S/C21H21ClN2OS/c1-3-4-14-19(25)24(18-13-9-8-12-17(18)22)21-23-20(15(2)26-21)16-10-6-5-7-11-16/h5-13H,3-4,14H2,1-2H3. The van der Waals surface area contributed by atoms with Gasteiger partial charge in [-0.25, -0.2) is 4.98 Å². The Balaban J connectivity index is 2.05. The smallest absolute Gasteiger partial charge is 0.233 e. The van der Waals surface area contributed by atoms with Gasteiger partial charge in [-0.2, -0.15) is 0 Å². The summed E-state index contributed by atoms with van der Waals surface area (Å²) in [4.78, 5) is 20.5. The second-order valence-corrected chi connectivity index (χ2v) is 7.64. The van der Waals surface area contributed by atoms with Gasteiger partial charge in [-0.3, -0.25) is 9.69 Å². The fourth-order valence-corrected chi connectivity index (χ4v) is 3.94. The van der Waals surface area contributed by atoms with Crippen molar-refractivity contribution in [2.75, 3.05) is 4.90 Å². The number of aryl methyl sites for hydroxylation is 1. The molecule has 0 aliphatic carbocycles. The van der Waals surface area contributed by atoms with Crippen molar-refractivity contribution in [3.8, 4) is 11.3 Å². The molecule has 0 unspecified atom stereocenters. The summed E-state index contributed by atoms with van der Waals surface area (Å²) in [7, 11) is 0. The number of hydrogen-bond donors (Lipinski definition) is 0. The van der Waals surface area contributed by atoms with E-state index in [0.717, 1.165) is 29.0 Å². The van der Waals surface area contributed by atoms with Crippen molar-refractivity contribution >= 4 is 39.7 Å². The minimum atomic E-state index is 0.0216. The summed E-state index contributed by atoms with van der Waals surface area (Å²) in [5.74, 6) is 0.0216. The number of thiazole rings is 1. The van der Waals surface area contributed by atoms with Gasteiger partial charge in [0.15, 0.2) is 5.13 Å². The van der Waals surface area contributed by atoms with E-state index in [0.29, 0.717) is 22.3 Å². The van der Waals surface area contributed by atoms with Crippen LogP contribution in [0, 0.1) is 6.92 Å². The van der Waals surface area contributed by atoms with Crippen molar-refractivity contribution in [2.45, 2.75) is 33.1 Å². The van der Waals surface area contributed by atoms with Crippen LogP contribution in [0.15, 0.2) is 54.6 Å². The summed E-state index contributed by atoms with van der Waals surface area (Å²) in [6.07, 6.45) is 2.28. The largest absolute Gasteiger partial charge is 0.274 e. The molecule has 2 aromatic carbocycles. The molecule has 5 heteroatoms. The van der Waals surface area contributed by atoms with Crippen molar-refractivity contribution in [3.63, 3.8) is 0 Å². The van der Waals surface area contributed by atoms with Crippen molar-refractivity contribution in [1.29, 1.82) is 0 Å². The van der Waals surface area contributed by atoms with Crippen molar-refractivity contribution in [2.24, 2.45) is 0 Å². The van der Waals surface area contributed by atoms with E-state index in [-0.39, 0.29) is 5.91 Å². The van der Waals surface area contributed by atoms with Gasteiger partial charge in [0.05, 0.1) is 16.4 Å². The zero-order valence-corrected chi connectivity index (χ0v) is 16.5. The number of benzene rings is 2. The lowest BCUT2D eigenvalue weighted by molar-refractivity contribution is -0.118. The zero-order valence-electron chi connectivity index (χ0n) is 14.9. The summed E-state index contributed by atoms with van der Waals surface area (Å²) in [5.41, 5.74) is 2.64. The number of halogens is 1. The lowest BCUT2D eigenvalue weighted by Gasteiger charge is -2.21. The molecule has 134 valence electrons. The molecule has 0 saturated heterocycles. The van der Waals surface area contributed by atoms with Crippen molar-refractivity contribution in [1.82, 2.24) is 4.98 Å². The van der Waals surface area contributed by atoms with Gasteiger partial charge in [-0.1, -0.05) is 67.4 Å². The van der Waals surface area contributed by atoms with E-state index >= 15 is 0 Å². The SMILES string of the molecule is CCCCC(=O)N(c1nc(-c2ccccc2)c(C)s1)c1ccccc1Cl. The molecule has 3 nitrogen and oxygen atoms in total. The molecule has 3 aromatic rings. The fraction of sp³-hybridized carbons (Fsp3) is 0.238. The van der Waals surface area contributed by atoms with Crippen LogP contribution in [0.3, 0.4) is 0 Å². The highest BCUT2D eigenvalue weighted by atomic mass is 35.5. The van der Waals surface area contributed by atoms with Crippen molar-refractivity contribution < 1.29 is 4.79 Å². The van der Waals surface area contributed by atoms with E-state index in [1.54, 1.807) is 11.0 Å². The Hall–Kier alpha value is -2.17. The Labute approximate surface area is 163 Å². The molecule has 26 heavy (non-hydrogen) atoms. The highest BCUT2D eigenvalue weighted by Crippen LogP contribution is 2.38. The Morgan fingerprint density at radius 3 is 2.50 bits per heavy atom. The monoisotopic (exact) mass is 384 g/mol. The fourth-order valence-electron chi connectivity index (χ4n) is 2.76. The van der Waals surface area contributed by atoms with E-state index in [1.165, 1.54) is 11.3 Å². The van der Waals surface area contributed by atoms with Crippen LogP contribution in [-0.4, -0.2) is 10.9 Å². The van der Waals surface area contributed by atoms with Crippen LogP contribution in [0.4, 0.5) is 10.8 Å². The van der Waals surface area contributed by atoms with Crippen LogP contribution in [0.25, 0.3) is 11.3 Å². The number of hydrogen-bond acceptors (Lipinski definition) is 3. The predicted octanol–water partition coefficient (Wildman–Crippen LogP) is 6.63. The molecular weight excluding hydrogens is 364 g/mol. The molecule has 0 N–H and O–H groups in total. The Bertz CT molecular complexity index is 892. The second kappa shape index (κ2) is 8.47. The maximum atomic E-state index is 12.9. The van der Waals surface area contributed by atoms with E-state index in [4.69, 9.17) is 16.6 Å². The third kappa shape index (κ3) is 3.97. The number of para-hydroxylation sites is 1. The van der Waals surface area contributed by atoms with Crippen LogP contribution >= 0.6 is 22.9 Å². The number of rotatable bonds is 6. The van der Waals surface area contributed by atoms with Gasteiger partial charge in [-0.05, 0) is 25.5 Å². The highest BCUT2D eigenvalue weighted by Gasteiger charge is 2.24. The topological polar surface area (TPSA) is 33.2 Å². The predicted molar refractivity (Wildman–Crippen MR) is 110 cm³/mol. The second-order valence-electron chi connectivity index (χ2n) is 6.05. The third-order valence-electron chi connectivity index (χ3n) is 4.11. The molecule has 0 radical (unpaired) electrons. The first-order valence-electron chi connectivity index (χ1n) is 8.72. The number of unbranched alkanes of at least 4 members (excludes halogenated alkanes) is 1. The normalized spacial score (nSPS) is 10.7. The van der Waals surface area contributed by atoms with E-state index < -0.39 is 0 Å². The molecule has 1 heterocycles. The van der Waals surface area contributed by atoms with Gasteiger partial charge in [0.25, 0.3) is 0 Å². The van der Waals surface area contributed by atoms with E-state index in [9.17, 15) is 4.79 Å². The van der Waals surface area contributed by atoms with E-state index in [2.05, 4.69) is 6.92 Å². The first-order chi connectivity index (χ1) is 12.6. The minimum Gasteiger partial charge on any atom is -0.274 e. The van der Waals surface area contributed by atoms with Crippen LogP contribution in [0.1, 0.15) is 31.1 Å². The Morgan fingerprint density at radius 2 is 1.81 bits per heavy atom. The minimum absolute atomic E-state index is 0.0216. The summed E-state index contributed by atoms with van der Waals surface area (Å²) >= 11 is 7.91. The van der Waals surface area contributed by atoms with Gasteiger partial charge in [0.1, 0.15) is 0 Å². The zero-order chi connectivity index (χ0) is 18.5. The molecule has 1 aromatic heterocycles. The number of carbonyl (C=O) groups is 1.